The van der Waals surface area contributed by atoms with Gasteiger partial charge in [0.25, 0.3) is 0 Å². The fraction of sp³-hybridized carbons (Fsp3) is 0. The third kappa shape index (κ3) is 3.69. The van der Waals surface area contributed by atoms with Crippen molar-refractivity contribution in [3.05, 3.63) is 124 Å². The molecular formula is C29H22N4O. The minimum Gasteiger partial charge on any atom is -0.399 e. The first-order valence-corrected chi connectivity index (χ1v) is 10.9. The topological polar surface area (TPSA) is 95.7 Å². The Balaban J connectivity index is 0.000000169. The average molecular weight is 443 g/mol. The molecule has 0 radical (unpaired) electrons. The molecule has 1 aliphatic carbocycles. The Kier molecular flexibility index (Phi) is 5.36. The summed E-state index contributed by atoms with van der Waals surface area (Å²) >= 11 is 0. The van der Waals surface area contributed by atoms with Crippen molar-refractivity contribution in [3.8, 4) is 5.69 Å². The number of para-hydroxylation sites is 2. The quantitative estimate of drug-likeness (QED) is 0.225. The van der Waals surface area contributed by atoms with Crippen molar-refractivity contribution in [1.82, 2.24) is 4.57 Å². The maximum absolute atomic E-state index is 12.7. The van der Waals surface area contributed by atoms with Gasteiger partial charge >= 0.3 is 0 Å². The molecule has 4 aromatic carbocycles. The molecule has 164 valence electrons. The van der Waals surface area contributed by atoms with Gasteiger partial charge in [-0.25, -0.2) is 0 Å². The van der Waals surface area contributed by atoms with Crippen molar-refractivity contribution in [1.29, 1.82) is 10.8 Å². The van der Waals surface area contributed by atoms with Gasteiger partial charge in [0.1, 0.15) is 0 Å². The Labute approximate surface area is 196 Å². The number of nitrogens with one attached hydrogen (secondary N) is 2. The molecule has 4 N–H and O–H groups in total. The van der Waals surface area contributed by atoms with E-state index in [4.69, 9.17) is 16.6 Å². The first-order valence-electron chi connectivity index (χ1n) is 10.9. The molecule has 5 heteroatoms. The number of nitrogen functional groups attached to an aromatic ring is 1. The van der Waals surface area contributed by atoms with Gasteiger partial charge in [0.2, 0.25) is 0 Å². The molecule has 0 atom stereocenters. The smallest absolute Gasteiger partial charge is 0.197 e. The Morgan fingerprint density at radius 2 is 1.21 bits per heavy atom. The van der Waals surface area contributed by atoms with Crippen LogP contribution in [0.3, 0.4) is 0 Å². The lowest BCUT2D eigenvalue weighted by molar-refractivity contribution is 1.16. The first kappa shape index (κ1) is 21.1. The van der Waals surface area contributed by atoms with E-state index in [-0.39, 0.29) is 11.1 Å². The van der Waals surface area contributed by atoms with E-state index in [0.29, 0.717) is 5.71 Å². The van der Waals surface area contributed by atoms with Crippen LogP contribution in [0.4, 0.5) is 5.69 Å². The highest BCUT2D eigenvalue weighted by Crippen LogP contribution is 2.24. The SMILES string of the molecule is N=C1C=Cc2ccccc2C1=N.Nc1ccc(-n2c3ccccc3c(=O)c3ccccc32)cc1. The summed E-state index contributed by atoms with van der Waals surface area (Å²) in [7, 11) is 0. The predicted octanol–water partition coefficient (Wildman–Crippen LogP) is 5.83. The Morgan fingerprint density at radius 1 is 0.647 bits per heavy atom. The highest BCUT2D eigenvalue weighted by molar-refractivity contribution is 6.52. The van der Waals surface area contributed by atoms with Crippen molar-refractivity contribution < 1.29 is 0 Å². The monoisotopic (exact) mass is 442 g/mol. The molecule has 0 amide bonds. The summed E-state index contributed by atoms with van der Waals surface area (Å²) in [6.45, 7) is 0. The number of fused-ring (bicyclic) bond motifs is 3. The van der Waals surface area contributed by atoms with Gasteiger partial charge in [-0.05, 0) is 60.2 Å². The molecule has 34 heavy (non-hydrogen) atoms. The zero-order chi connectivity index (χ0) is 23.7. The first-order chi connectivity index (χ1) is 16.5. The molecule has 5 nitrogen and oxygen atoms in total. The molecule has 0 aliphatic heterocycles. The Morgan fingerprint density at radius 3 is 1.85 bits per heavy atom. The van der Waals surface area contributed by atoms with Crippen LogP contribution in [0.15, 0.2) is 108 Å². The Hall–Kier alpha value is -4.77. The largest absolute Gasteiger partial charge is 0.399 e. The Bertz CT molecular complexity index is 1600. The van der Waals surface area contributed by atoms with E-state index >= 15 is 0 Å². The molecule has 0 fully saturated rings. The molecule has 0 bridgehead atoms. The fourth-order valence-corrected chi connectivity index (χ4v) is 4.17. The molecule has 1 aliphatic rings. The van der Waals surface area contributed by atoms with Gasteiger partial charge in [0.05, 0.1) is 22.5 Å². The summed E-state index contributed by atoms with van der Waals surface area (Å²) in [5.74, 6) is 0. The second kappa shape index (κ2) is 8.64. The predicted molar refractivity (Wildman–Crippen MR) is 141 cm³/mol. The maximum Gasteiger partial charge on any atom is 0.197 e. The second-order valence-corrected chi connectivity index (χ2v) is 8.00. The summed E-state index contributed by atoms with van der Waals surface area (Å²) < 4.78 is 2.10. The summed E-state index contributed by atoms with van der Waals surface area (Å²) in [4.78, 5) is 12.7. The van der Waals surface area contributed by atoms with Crippen LogP contribution < -0.4 is 11.2 Å². The van der Waals surface area contributed by atoms with Crippen molar-refractivity contribution in [2.75, 3.05) is 5.73 Å². The third-order valence-corrected chi connectivity index (χ3v) is 5.86. The van der Waals surface area contributed by atoms with Gasteiger partial charge in [-0.1, -0.05) is 54.6 Å². The molecule has 5 aromatic rings. The van der Waals surface area contributed by atoms with E-state index in [1.54, 1.807) is 6.08 Å². The number of anilines is 1. The lowest BCUT2D eigenvalue weighted by Gasteiger charge is -2.15. The minimum atomic E-state index is 0.0675. The van der Waals surface area contributed by atoms with E-state index in [1.165, 1.54) is 0 Å². The van der Waals surface area contributed by atoms with Crippen LogP contribution in [0.25, 0.3) is 33.6 Å². The van der Waals surface area contributed by atoms with Gasteiger partial charge in [-0.2, -0.15) is 0 Å². The molecule has 1 heterocycles. The van der Waals surface area contributed by atoms with Crippen molar-refractivity contribution in [2.24, 2.45) is 0 Å². The van der Waals surface area contributed by atoms with Gasteiger partial charge in [-0.3, -0.25) is 15.6 Å². The number of hydrogen-bond donors (Lipinski definition) is 3. The number of hydrogen-bond acceptors (Lipinski definition) is 4. The maximum atomic E-state index is 12.7. The zero-order valence-electron chi connectivity index (χ0n) is 18.3. The van der Waals surface area contributed by atoms with E-state index in [9.17, 15) is 4.79 Å². The van der Waals surface area contributed by atoms with Crippen LogP contribution in [-0.2, 0) is 0 Å². The van der Waals surface area contributed by atoms with Crippen molar-refractivity contribution >= 4 is 45.0 Å². The summed E-state index contributed by atoms with van der Waals surface area (Å²) in [5, 5.41) is 16.5. The molecule has 0 spiro atoms. The van der Waals surface area contributed by atoms with Crippen LogP contribution in [0, 0.1) is 10.8 Å². The third-order valence-electron chi connectivity index (χ3n) is 5.86. The molecule has 1 aromatic heterocycles. The second-order valence-electron chi connectivity index (χ2n) is 8.00. The van der Waals surface area contributed by atoms with Gasteiger partial charge < -0.3 is 10.3 Å². The zero-order valence-corrected chi connectivity index (χ0v) is 18.3. The van der Waals surface area contributed by atoms with E-state index in [1.807, 2.05) is 103 Å². The molecule has 6 rings (SSSR count). The van der Waals surface area contributed by atoms with Gasteiger partial charge in [0.15, 0.2) is 5.43 Å². The lowest BCUT2D eigenvalue weighted by atomic mass is 9.94. The number of allylic oxidation sites excluding steroid dienone is 1. The van der Waals surface area contributed by atoms with E-state index in [2.05, 4.69) is 4.57 Å². The molecule has 0 saturated heterocycles. The number of aromatic nitrogens is 1. The van der Waals surface area contributed by atoms with Crippen LogP contribution in [0.5, 0.6) is 0 Å². The summed E-state index contributed by atoms with van der Waals surface area (Å²) in [6, 6.07) is 30.7. The molecule has 0 unspecified atom stereocenters. The molecular weight excluding hydrogens is 420 g/mol. The van der Waals surface area contributed by atoms with Crippen molar-refractivity contribution in [2.45, 2.75) is 0 Å². The highest BCUT2D eigenvalue weighted by atomic mass is 16.1. The average Bonchev–Trinajstić information content (AvgIpc) is 2.88. The normalized spacial score (nSPS) is 12.4. The number of benzene rings is 4. The van der Waals surface area contributed by atoms with Crippen LogP contribution in [0.2, 0.25) is 0 Å². The standard InChI is InChI=1S/C19H14N2O.C10H8N2/c20-13-9-11-14(12-10-13)21-17-7-3-1-5-15(17)19(22)16-6-2-4-8-18(16)21;11-9-6-5-7-3-1-2-4-8(7)10(9)12/h1-12H,20H2;1-6,11-12H. The lowest BCUT2D eigenvalue weighted by Crippen LogP contribution is -2.15. The highest BCUT2D eigenvalue weighted by Gasteiger charge is 2.13. The van der Waals surface area contributed by atoms with Crippen LogP contribution in [0.1, 0.15) is 11.1 Å². The summed E-state index contributed by atoms with van der Waals surface area (Å²) in [6.07, 6.45) is 3.53. The number of rotatable bonds is 1. The van der Waals surface area contributed by atoms with E-state index < -0.39 is 0 Å². The van der Waals surface area contributed by atoms with Gasteiger partial charge in [-0.15, -0.1) is 0 Å². The number of pyridine rings is 1. The number of nitrogens with two attached hydrogens (primary N) is 1. The fourth-order valence-electron chi connectivity index (χ4n) is 4.17. The van der Waals surface area contributed by atoms with E-state index in [0.717, 1.165) is 44.3 Å². The van der Waals surface area contributed by atoms with Crippen LogP contribution in [-0.4, -0.2) is 16.0 Å². The van der Waals surface area contributed by atoms with Crippen molar-refractivity contribution in [3.63, 3.8) is 0 Å². The minimum absolute atomic E-state index is 0.0675. The van der Waals surface area contributed by atoms with Gasteiger partial charge in [0, 0.05) is 27.7 Å². The summed E-state index contributed by atoms with van der Waals surface area (Å²) in [5.41, 5.74) is 11.8. The number of nitrogens with zero attached hydrogens (tertiary/aromatic N) is 1. The molecule has 0 saturated carbocycles. The van der Waals surface area contributed by atoms with Crippen LogP contribution >= 0.6 is 0 Å².